The number of nitrogens with zero attached hydrogens (tertiary/aromatic N) is 1. The van der Waals surface area contributed by atoms with Crippen LogP contribution in [0.1, 0.15) is 24.8 Å². The van der Waals surface area contributed by atoms with Gasteiger partial charge in [0, 0.05) is 30.9 Å². The third kappa shape index (κ3) is 5.08. The summed E-state index contributed by atoms with van der Waals surface area (Å²) < 4.78 is 0. The number of nitrogens with one attached hydrogen (secondary N) is 2. The number of likely N-dealkylation sites (tertiary alicyclic amines) is 1. The summed E-state index contributed by atoms with van der Waals surface area (Å²) in [6.07, 6.45) is 3.52. The smallest absolute Gasteiger partial charge is 0.323 e. The molecule has 0 atom stereocenters. The van der Waals surface area contributed by atoms with Crippen molar-refractivity contribution in [2.45, 2.75) is 25.7 Å². The minimum absolute atomic E-state index is 0.238. The molecule has 130 valence electrons. The molecule has 0 spiro atoms. The highest BCUT2D eigenvalue weighted by molar-refractivity contribution is 5.99. The molecule has 3 amide bonds. The van der Waals surface area contributed by atoms with E-state index in [0.717, 1.165) is 49.3 Å². The first kappa shape index (κ1) is 17.0. The van der Waals surface area contributed by atoms with Crippen molar-refractivity contribution in [1.82, 2.24) is 4.90 Å². The number of rotatable bonds is 5. The number of aryl methyl sites for hydroxylation is 1. The van der Waals surface area contributed by atoms with E-state index in [0.29, 0.717) is 6.42 Å². The van der Waals surface area contributed by atoms with Gasteiger partial charge in [-0.2, -0.15) is 0 Å². The average molecular weight is 337 g/mol. The van der Waals surface area contributed by atoms with Gasteiger partial charge in [0.1, 0.15) is 0 Å². The van der Waals surface area contributed by atoms with Crippen molar-refractivity contribution in [3.8, 4) is 0 Å². The van der Waals surface area contributed by atoms with Crippen LogP contribution in [0.5, 0.6) is 0 Å². The lowest BCUT2D eigenvalue weighted by Gasteiger charge is -2.15. The van der Waals surface area contributed by atoms with E-state index < -0.39 is 0 Å². The van der Waals surface area contributed by atoms with Crippen LogP contribution in [0, 0.1) is 0 Å². The highest BCUT2D eigenvalue weighted by Gasteiger charge is 2.17. The summed E-state index contributed by atoms with van der Waals surface area (Å²) in [4.78, 5) is 26.0. The Kier molecular flexibility index (Phi) is 5.67. The van der Waals surface area contributed by atoms with E-state index in [1.54, 1.807) is 0 Å². The van der Waals surface area contributed by atoms with Crippen molar-refractivity contribution in [3.63, 3.8) is 0 Å². The van der Waals surface area contributed by atoms with Crippen LogP contribution in [-0.2, 0) is 11.2 Å². The molecule has 1 aliphatic rings. The lowest BCUT2D eigenvalue weighted by molar-refractivity contribution is -0.130. The Morgan fingerprint density at radius 3 is 2.08 bits per heavy atom. The van der Waals surface area contributed by atoms with E-state index in [1.165, 1.54) is 0 Å². The van der Waals surface area contributed by atoms with Crippen LogP contribution >= 0.6 is 0 Å². The van der Waals surface area contributed by atoms with Crippen LogP contribution in [-0.4, -0.2) is 29.9 Å². The number of hydrogen-bond acceptors (Lipinski definition) is 2. The first-order valence-electron chi connectivity index (χ1n) is 8.70. The van der Waals surface area contributed by atoms with E-state index in [2.05, 4.69) is 10.6 Å². The minimum atomic E-state index is -0.275. The van der Waals surface area contributed by atoms with E-state index in [4.69, 9.17) is 0 Å². The second kappa shape index (κ2) is 8.33. The molecule has 25 heavy (non-hydrogen) atoms. The Morgan fingerprint density at radius 2 is 1.44 bits per heavy atom. The van der Waals surface area contributed by atoms with E-state index >= 15 is 0 Å². The monoisotopic (exact) mass is 337 g/mol. The van der Waals surface area contributed by atoms with Gasteiger partial charge in [-0.15, -0.1) is 0 Å². The standard InChI is InChI=1S/C20H23N3O2/c24-19(23-14-4-5-15-23)13-10-16-8-11-18(12-9-16)22-20(25)21-17-6-2-1-3-7-17/h1-3,6-9,11-12H,4-5,10,13-15H2,(H2,21,22,25). The van der Waals surface area contributed by atoms with Gasteiger partial charge in [0.25, 0.3) is 0 Å². The molecule has 0 unspecified atom stereocenters. The summed E-state index contributed by atoms with van der Waals surface area (Å²) in [7, 11) is 0. The minimum Gasteiger partial charge on any atom is -0.343 e. The predicted octanol–water partition coefficient (Wildman–Crippen LogP) is 3.89. The fraction of sp³-hybridized carbons (Fsp3) is 0.300. The van der Waals surface area contributed by atoms with Crippen molar-refractivity contribution < 1.29 is 9.59 Å². The highest BCUT2D eigenvalue weighted by atomic mass is 16.2. The highest BCUT2D eigenvalue weighted by Crippen LogP contribution is 2.14. The van der Waals surface area contributed by atoms with Gasteiger partial charge in [-0.1, -0.05) is 30.3 Å². The van der Waals surface area contributed by atoms with Gasteiger partial charge >= 0.3 is 6.03 Å². The molecular formula is C20H23N3O2. The van der Waals surface area contributed by atoms with Crippen molar-refractivity contribution >= 4 is 23.3 Å². The summed E-state index contributed by atoms with van der Waals surface area (Å²) >= 11 is 0. The number of para-hydroxylation sites is 1. The zero-order chi connectivity index (χ0) is 17.5. The number of urea groups is 1. The first-order valence-corrected chi connectivity index (χ1v) is 8.70. The Balaban J connectivity index is 1.46. The summed E-state index contributed by atoms with van der Waals surface area (Å²) in [6, 6.07) is 16.7. The topological polar surface area (TPSA) is 61.4 Å². The molecule has 1 aliphatic heterocycles. The Labute approximate surface area is 148 Å². The largest absolute Gasteiger partial charge is 0.343 e. The number of benzene rings is 2. The molecule has 0 aromatic heterocycles. The van der Waals surface area contributed by atoms with Crippen LogP contribution in [0.4, 0.5) is 16.2 Å². The number of anilines is 2. The molecule has 1 fully saturated rings. The second-order valence-corrected chi connectivity index (χ2v) is 6.23. The number of carbonyl (C=O) groups is 2. The van der Waals surface area contributed by atoms with Crippen molar-refractivity contribution in [1.29, 1.82) is 0 Å². The first-order chi connectivity index (χ1) is 12.2. The second-order valence-electron chi connectivity index (χ2n) is 6.23. The summed E-state index contributed by atoms with van der Waals surface area (Å²) in [5.74, 6) is 0.238. The lowest BCUT2D eigenvalue weighted by Crippen LogP contribution is -2.27. The molecule has 5 heteroatoms. The summed E-state index contributed by atoms with van der Waals surface area (Å²) in [5.41, 5.74) is 2.57. The maximum atomic E-state index is 12.1. The van der Waals surface area contributed by atoms with Crippen LogP contribution in [0.2, 0.25) is 0 Å². The van der Waals surface area contributed by atoms with E-state index in [9.17, 15) is 9.59 Å². The molecular weight excluding hydrogens is 314 g/mol. The molecule has 1 heterocycles. The third-order valence-electron chi connectivity index (χ3n) is 4.33. The average Bonchev–Trinajstić information content (AvgIpc) is 3.16. The molecule has 0 aliphatic carbocycles. The molecule has 1 saturated heterocycles. The maximum Gasteiger partial charge on any atom is 0.323 e. The third-order valence-corrected chi connectivity index (χ3v) is 4.33. The quantitative estimate of drug-likeness (QED) is 0.869. The van der Waals surface area contributed by atoms with Gasteiger partial charge in [-0.25, -0.2) is 4.79 Å². The van der Waals surface area contributed by atoms with Gasteiger partial charge in [-0.05, 0) is 49.1 Å². The number of carbonyl (C=O) groups excluding carboxylic acids is 2. The van der Waals surface area contributed by atoms with Gasteiger partial charge in [0.2, 0.25) is 5.91 Å². The molecule has 0 bridgehead atoms. The van der Waals surface area contributed by atoms with Crippen LogP contribution in [0.3, 0.4) is 0 Å². The molecule has 0 radical (unpaired) electrons. The summed E-state index contributed by atoms with van der Waals surface area (Å²) in [6.45, 7) is 1.80. The van der Waals surface area contributed by atoms with Crippen molar-refractivity contribution in [2.24, 2.45) is 0 Å². The van der Waals surface area contributed by atoms with Gasteiger partial charge < -0.3 is 15.5 Å². The number of amides is 3. The fourth-order valence-corrected chi connectivity index (χ4v) is 2.95. The van der Waals surface area contributed by atoms with E-state index in [1.807, 2.05) is 59.5 Å². The van der Waals surface area contributed by atoms with Crippen LogP contribution < -0.4 is 10.6 Å². The predicted molar refractivity (Wildman–Crippen MR) is 99.7 cm³/mol. The van der Waals surface area contributed by atoms with Crippen molar-refractivity contribution in [3.05, 3.63) is 60.2 Å². The van der Waals surface area contributed by atoms with Crippen LogP contribution in [0.25, 0.3) is 0 Å². The molecule has 3 rings (SSSR count). The Morgan fingerprint density at radius 1 is 0.840 bits per heavy atom. The molecule has 2 N–H and O–H groups in total. The molecule has 2 aromatic rings. The molecule has 5 nitrogen and oxygen atoms in total. The molecule has 2 aromatic carbocycles. The number of hydrogen-bond donors (Lipinski definition) is 2. The zero-order valence-corrected chi connectivity index (χ0v) is 14.2. The van der Waals surface area contributed by atoms with E-state index in [-0.39, 0.29) is 11.9 Å². The van der Waals surface area contributed by atoms with Gasteiger partial charge in [-0.3, -0.25) is 4.79 Å². The SMILES string of the molecule is O=C(Nc1ccccc1)Nc1ccc(CCC(=O)N2CCCC2)cc1. The molecule has 0 saturated carbocycles. The van der Waals surface area contributed by atoms with Gasteiger partial charge in [0.05, 0.1) is 0 Å². The fourth-order valence-electron chi connectivity index (χ4n) is 2.95. The van der Waals surface area contributed by atoms with Gasteiger partial charge in [0.15, 0.2) is 0 Å². The van der Waals surface area contributed by atoms with Crippen molar-refractivity contribution in [2.75, 3.05) is 23.7 Å². The Hall–Kier alpha value is -2.82. The zero-order valence-electron chi connectivity index (χ0n) is 14.2. The lowest BCUT2D eigenvalue weighted by atomic mass is 10.1. The van der Waals surface area contributed by atoms with Crippen LogP contribution in [0.15, 0.2) is 54.6 Å². The Bertz CT molecular complexity index is 707. The normalized spacial score (nSPS) is 13.5. The summed E-state index contributed by atoms with van der Waals surface area (Å²) in [5, 5.41) is 5.58. The maximum absolute atomic E-state index is 12.1.